The smallest absolute Gasteiger partial charge is 0.271 e. The molecule has 2 heterocycles. The van der Waals surface area contributed by atoms with Crippen molar-refractivity contribution in [3.05, 3.63) is 131 Å². The Bertz CT molecular complexity index is 1550. The maximum Gasteiger partial charge on any atom is 0.271 e. The van der Waals surface area contributed by atoms with Crippen LogP contribution in [0.2, 0.25) is 5.02 Å². The highest BCUT2D eigenvalue weighted by Gasteiger charge is 2.32. The summed E-state index contributed by atoms with van der Waals surface area (Å²) in [6.07, 6.45) is 3.79. The highest BCUT2D eigenvalue weighted by Crippen LogP contribution is 2.41. The summed E-state index contributed by atoms with van der Waals surface area (Å²) >= 11 is 7.48. The lowest BCUT2D eigenvalue weighted by Crippen LogP contribution is -2.38. The molecule has 0 saturated carbocycles. The first kappa shape index (κ1) is 19.5. The van der Waals surface area contributed by atoms with E-state index in [1.54, 1.807) is 0 Å². The van der Waals surface area contributed by atoms with E-state index in [1.807, 2.05) is 53.1 Å². The van der Waals surface area contributed by atoms with Crippen molar-refractivity contribution in [2.75, 3.05) is 0 Å². The van der Waals surface area contributed by atoms with Gasteiger partial charge in [0.05, 0.1) is 16.3 Å². The molecular formula is C27H19ClN2OS. The Balaban J connectivity index is 1.62. The van der Waals surface area contributed by atoms with Crippen molar-refractivity contribution in [2.45, 2.75) is 18.9 Å². The van der Waals surface area contributed by atoms with E-state index in [1.165, 1.54) is 28.0 Å². The Morgan fingerprint density at radius 1 is 0.938 bits per heavy atom. The second kappa shape index (κ2) is 7.73. The third kappa shape index (κ3) is 3.19. The molecule has 0 amide bonds. The molecule has 3 aromatic carbocycles. The molecule has 4 aromatic rings. The minimum Gasteiger partial charge on any atom is -0.272 e. The maximum atomic E-state index is 13.6. The molecule has 1 unspecified atom stereocenters. The van der Waals surface area contributed by atoms with Gasteiger partial charge in [-0.3, -0.25) is 9.36 Å². The molecule has 6 rings (SSSR count). The molecule has 2 aliphatic rings. The molecule has 0 fully saturated rings. The van der Waals surface area contributed by atoms with Crippen molar-refractivity contribution < 1.29 is 0 Å². The SMILES string of the molecule is O=c1c(=Cc2ccc(Cl)cc2)sc2n1C(c1ccccc1)C1=C(N=2)c2ccccc2CC1. The second-order valence-electron chi connectivity index (χ2n) is 8.08. The van der Waals surface area contributed by atoms with E-state index >= 15 is 0 Å². The van der Waals surface area contributed by atoms with Crippen molar-refractivity contribution in [3.63, 3.8) is 0 Å². The predicted molar refractivity (Wildman–Crippen MR) is 131 cm³/mol. The Morgan fingerprint density at radius 2 is 1.69 bits per heavy atom. The third-order valence-electron chi connectivity index (χ3n) is 6.16. The predicted octanol–water partition coefficient (Wildman–Crippen LogP) is 4.97. The molecular weight excluding hydrogens is 436 g/mol. The van der Waals surface area contributed by atoms with E-state index in [0.29, 0.717) is 9.55 Å². The maximum absolute atomic E-state index is 13.6. The van der Waals surface area contributed by atoms with Gasteiger partial charge in [-0.1, -0.05) is 89.7 Å². The zero-order chi connectivity index (χ0) is 21.7. The normalized spacial score (nSPS) is 17.4. The van der Waals surface area contributed by atoms with Crippen LogP contribution in [0.15, 0.2) is 94.2 Å². The molecule has 5 heteroatoms. The van der Waals surface area contributed by atoms with Crippen LogP contribution in [-0.4, -0.2) is 4.57 Å². The van der Waals surface area contributed by atoms with Crippen molar-refractivity contribution in [2.24, 2.45) is 4.99 Å². The van der Waals surface area contributed by atoms with Gasteiger partial charge in [0.25, 0.3) is 5.56 Å². The molecule has 156 valence electrons. The number of aromatic nitrogens is 1. The van der Waals surface area contributed by atoms with Crippen molar-refractivity contribution in [3.8, 4) is 0 Å². The monoisotopic (exact) mass is 454 g/mol. The quantitative estimate of drug-likeness (QED) is 0.421. The van der Waals surface area contributed by atoms with E-state index in [4.69, 9.17) is 16.6 Å². The lowest BCUT2D eigenvalue weighted by molar-refractivity contribution is 0.585. The van der Waals surface area contributed by atoms with Crippen molar-refractivity contribution in [1.82, 2.24) is 4.57 Å². The van der Waals surface area contributed by atoms with Crippen LogP contribution >= 0.6 is 22.9 Å². The number of fused-ring (bicyclic) bond motifs is 3. The van der Waals surface area contributed by atoms with Gasteiger partial charge < -0.3 is 0 Å². The molecule has 1 atom stereocenters. The van der Waals surface area contributed by atoms with E-state index in [0.717, 1.165) is 34.5 Å². The molecule has 0 spiro atoms. The minimum atomic E-state index is -0.136. The number of aryl methyl sites for hydroxylation is 1. The summed E-state index contributed by atoms with van der Waals surface area (Å²) in [6, 6.07) is 26.2. The Morgan fingerprint density at radius 3 is 2.50 bits per heavy atom. The van der Waals surface area contributed by atoms with Gasteiger partial charge in [0.2, 0.25) is 0 Å². The van der Waals surface area contributed by atoms with Gasteiger partial charge in [-0.2, -0.15) is 0 Å². The highest BCUT2D eigenvalue weighted by molar-refractivity contribution is 7.07. The Hall–Kier alpha value is -3.21. The van der Waals surface area contributed by atoms with Gasteiger partial charge in [-0.15, -0.1) is 0 Å². The molecule has 1 aliphatic heterocycles. The Kier molecular flexibility index (Phi) is 4.71. The van der Waals surface area contributed by atoms with Crippen LogP contribution in [0.4, 0.5) is 0 Å². The fourth-order valence-corrected chi connectivity index (χ4v) is 5.80. The highest BCUT2D eigenvalue weighted by atomic mass is 35.5. The first-order valence-electron chi connectivity index (χ1n) is 10.6. The van der Waals surface area contributed by atoms with Gasteiger partial charge in [-0.05, 0) is 53.3 Å². The zero-order valence-electron chi connectivity index (χ0n) is 17.2. The summed E-state index contributed by atoms with van der Waals surface area (Å²) < 4.78 is 2.56. The number of allylic oxidation sites excluding steroid dienone is 1. The van der Waals surface area contributed by atoms with Crippen molar-refractivity contribution >= 4 is 34.7 Å². The molecule has 1 aliphatic carbocycles. The second-order valence-corrected chi connectivity index (χ2v) is 9.52. The van der Waals surface area contributed by atoms with E-state index in [9.17, 15) is 4.79 Å². The number of halogens is 1. The van der Waals surface area contributed by atoms with Crippen molar-refractivity contribution in [1.29, 1.82) is 0 Å². The van der Waals surface area contributed by atoms with Gasteiger partial charge in [-0.25, -0.2) is 4.99 Å². The van der Waals surface area contributed by atoms with Gasteiger partial charge in [0, 0.05) is 10.6 Å². The molecule has 0 N–H and O–H groups in total. The number of benzene rings is 3. The minimum absolute atomic E-state index is 0.00274. The van der Waals surface area contributed by atoms with E-state index in [-0.39, 0.29) is 11.6 Å². The van der Waals surface area contributed by atoms with E-state index < -0.39 is 0 Å². The standard InChI is InChI=1S/C27H19ClN2OS/c28-20-13-10-17(11-14-20)16-23-26(31)30-25(19-7-2-1-3-8-19)22-15-12-18-6-4-5-9-21(18)24(22)29-27(30)32-23/h1-11,13-14,16,25H,12,15H2. The zero-order valence-corrected chi connectivity index (χ0v) is 18.7. The molecule has 1 aromatic heterocycles. The molecule has 0 bridgehead atoms. The number of thiazole rings is 1. The fourth-order valence-electron chi connectivity index (χ4n) is 4.67. The summed E-state index contributed by atoms with van der Waals surface area (Å²) in [5.41, 5.74) is 6.83. The summed E-state index contributed by atoms with van der Waals surface area (Å²) in [7, 11) is 0. The lowest BCUT2D eigenvalue weighted by atomic mass is 9.83. The van der Waals surface area contributed by atoms with Gasteiger partial charge in [0.15, 0.2) is 4.80 Å². The summed E-state index contributed by atoms with van der Waals surface area (Å²) in [5.74, 6) is 0. The lowest BCUT2D eigenvalue weighted by Gasteiger charge is -2.30. The van der Waals surface area contributed by atoms with E-state index in [2.05, 4.69) is 36.4 Å². The molecule has 32 heavy (non-hydrogen) atoms. The largest absolute Gasteiger partial charge is 0.272 e. The average molecular weight is 455 g/mol. The third-order valence-corrected chi connectivity index (χ3v) is 7.39. The fraction of sp³-hybridized carbons (Fsp3) is 0.111. The van der Waals surface area contributed by atoms with Gasteiger partial charge in [0.1, 0.15) is 0 Å². The van der Waals surface area contributed by atoms with Crippen LogP contribution in [0.1, 0.15) is 34.7 Å². The van der Waals surface area contributed by atoms with Crippen LogP contribution in [0, 0.1) is 0 Å². The molecule has 0 saturated heterocycles. The number of hydrogen-bond donors (Lipinski definition) is 0. The van der Waals surface area contributed by atoms with Crippen LogP contribution < -0.4 is 14.9 Å². The molecule has 3 nitrogen and oxygen atoms in total. The van der Waals surface area contributed by atoms with Gasteiger partial charge >= 0.3 is 0 Å². The average Bonchev–Trinajstić information content (AvgIpc) is 3.14. The van der Waals surface area contributed by atoms with Crippen LogP contribution in [0.5, 0.6) is 0 Å². The van der Waals surface area contributed by atoms with Crippen LogP contribution in [0.3, 0.4) is 0 Å². The number of rotatable bonds is 2. The molecule has 0 radical (unpaired) electrons. The first-order chi connectivity index (χ1) is 15.7. The van der Waals surface area contributed by atoms with Crippen LogP contribution in [-0.2, 0) is 6.42 Å². The number of hydrogen-bond acceptors (Lipinski definition) is 3. The summed E-state index contributed by atoms with van der Waals surface area (Å²) in [5, 5.41) is 0.680. The Labute approximate surface area is 194 Å². The summed E-state index contributed by atoms with van der Waals surface area (Å²) in [6.45, 7) is 0. The summed E-state index contributed by atoms with van der Waals surface area (Å²) in [4.78, 5) is 19.4. The topological polar surface area (TPSA) is 34.4 Å². The van der Waals surface area contributed by atoms with Crippen LogP contribution in [0.25, 0.3) is 11.8 Å². The number of nitrogens with zero attached hydrogens (tertiary/aromatic N) is 2. The first-order valence-corrected chi connectivity index (χ1v) is 11.8.